The summed E-state index contributed by atoms with van der Waals surface area (Å²) >= 11 is 0. The Bertz CT molecular complexity index is 2340. The summed E-state index contributed by atoms with van der Waals surface area (Å²) in [6.45, 7) is 1.93. The maximum atomic E-state index is 15.2. The van der Waals surface area contributed by atoms with Gasteiger partial charge >= 0.3 is 5.97 Å². The second-order valence-electron chi connectivity index (χ2n) is 14.4. The van der Waals surface area contributed by atoms with Crippen molar-refractivity contribution in [2.24, 2.45) is 29.6 Å². The highest BCUT2D eigenvalue weighted by Gasteiger charge is 2.69. The molecule has 2 saturated heterocycles. The number of carboxylic acids is 1. The minimum absolute atomic E-state index is 0.0428. The molecule has 0 bridgehead atoms. The van der Waals surface area contributed by atoms with Crippen LogP contribution in [-0.2, 0) is 24.6 Å². The molecular formula is C43H37N3O9. The number of fused-ring (bicyclic) bond motifs is 4. The highest BCUT2D eigenvalue weighted by atomic mass is 16.5. The standard InChI is InChI=1S/C43H37N3O9/c1-23-8-12-26(13-9-23)44-46-39(50)33-22-31-28(16-17-30-37(31)40(51)45(38(30)49)27-14-15-29(41(52)53)35(48)21-27)32(18-10-24-11-19-34(47)36(20-24)55-2)43(33,42(46)54)25-6-4-3-5-7-25/h3-16,18-21,30-33,37,44,47-48H,17,22H2,1-2H3,(H,52,53)/t30-,31+,32-,33-,37-,43-/m0/s1. The monoisotopic (exact) mass is 739 g/mol. The van der Waals surface area contributed by atoms with E-state index in [-0.39, 0.29) is 35.6 Å². The van der Waals surface area contributed by atoms with Gasteiger partial charge in [-0.3, -0.25) is 24.6 Å². The molecule has 0 radical (unpaired) electrons. The van der Waals surface area contributed by atoms with Gasteiger partial charge in [0.15, 0.2) is 11.5 Å². The number of aryl methyl sites for hydroxylation is 1. The van der Waals surface area contributed by atoms with Crippen molar-refractivity contribution in [2.45, 2.75) is 25.2 Å². The molecule has 8 rings (SSSR count). The number of hydrogen-bond acceptors (Lipinski definition) is 9. The largest absolute Gasteiger partial charge is 0.507 e. The number of allylic oxidation sites excluding steroid dienone is 3. The van der Waals surface area contributed by atoms with Crippen molar-refractivity contribution in [2.75, 3.05) is 17.4 Å². The van der Waals surface area contributed by atoms with E-state index in [0.717, 1.165) is 33.2 Å². The van der Waals surface area contributed by atoms with Crippen molar-refractivity contribution in [3.05, 3.63) is 131 Å². The van der Waals surface area contributed by atoms with E-state index in [0.29, 0.717) is 16.8 Å². The number of phenols is 2. The molecule has 0 aromatic heterocycles. The van der Waals surface area contributed by atoms with E-state index in [1.165, 1.54) is 19.2 Å². The summed E-state index contributed by atoms with van der Waals surface area (Å²) in [6, 6.07) is 24.9. The molecule has 4 N–H and O–H groups in total. The molecule has 3 fully saturated rings. The average Bonchev–Trinajstić information content (AvgIpc) is 3.56. The maximum absolute atomic E-state index is 15.2. The fourth-order valence-corrected chi connectivity index (χ4v) is 9.09. The molecule has 4 aromatic rings. The number of ether oxygens (including phenoxy) is 1. The number of rotatable bonds is 8. The number of imide groups is 2. The third-order valence-corrected chi connectivity index (χ3v) is 11.6. The summed E-state index contributed by atoms with van der Waals surface area (Å²) in [5.41, 5.74) is 4.85. The molecule has 0 spiro atoms. The van der Waals surface area contributed by atoms with Gasteiger partial charge in [0.25, 0.3) is 11.8 Å². The maximum Gasteiger partial charge on any atom is 0.339 e. The van der Waals surface area contributed by atoms with E-state index >= 15 is 4.79 Å². The number of aromatic carboxylic acids is 1. The van der Waals surface area contributed by atoms with Gasteiger partial charge in [-0.25, -0.2) is 9.69 Å². The Labute approximate surface area is 315 Å². The van der Waals surface area contributed by atoms with Crippen molar-refractivity contribution >= 4 is 47.0 Å². The fraction of sp³-hybridized carbons (Fsp3) is 0.233. The van der Waals surface area contributed by atoms with E-state index < -0.39 is 70.4 Å². The smallest absolute Gasteiger partial charge is 0.339 e. The SMILES string of the molecule is COc1cc(C=C[C@H]2C3=CC[C@@H]4C(=O)N(c5ccc(C(=O)O)c(O)c5)C(=O)[C@@H]4[C@@H]3C[C@H]3C(=O)N(Nc4ccc(C)cc4)C(=O)[C@@]23c2ccccc2)ccc1O. The Morgan fingerprint density at radius 1 is 0.873 bits per heavy atom. The minimum atomic E-state index is -1.45. The molecular weight excluding hydrogens is 702 g/mol. The first kappa shape index (κ1) is 35.3. The normalized spacial score (nSPS) is 25.8. The highest BCUT2D eigenvalue weighted by molar-refractivity contribution is 6.23. The van der Waals surface area contributed by atoms with Crippen molar-refractivity contribution in [3.8, 4) is 17.2 Å². The molecule has 2 aliphatic carbocycles. The number of nitrogens with one attached hydrogen (secondary N) is 1. The lowest BCUT2D eigenvalue weighted by molar-refractivity contribution is -0.139. The van der Waals surface area contributed by atoms with Gasteiger partial charge in [-0.2, -0.15) is 5.01 Å². The van der Waals surface area contributed by atoms with Gasteiger partial charge in [0, 0.05) is 12.0 Å². The van der Waals surface area contributed by atoms with E-state index in [2.05, 4.69) is 5.43 Å². The van der Waals surface area contributed by atoms with Gasteiger partial charge in [-0.1, -0.05) is 77.9 Å². The van der Waals surface area contributed by atoms with Gasteiger partial charge in [0.1, 0.15) is 11.3 Å². The van der Waals surface area contributed by atoms with E-state index in [9.17, 15) is 34.5 Å². The second kappa shape index (κ2) is 13.3. The molecule has 4 aliphatic rings. The van der Waals surface area contributed by atoms with Crippen molar-refractivity contribution < 1.29 is 44.0 Å². The molecule has 6 atom stereocenters. The average molecular weight is 740 g/mol. The summed E-state index contributed by atoms with van der Waals surface area (Å²) in [6.07, 6.45) is 5.86. The first-order valence-electron chi connectivity index (χ1n) is 17.9. The molecule has 1 saturated carbocycles. The number of hydrogen-bond donors (Lipinski definition) is 4. The zero-order valence-electron chi connectivity index (χ0n) is 29.9. The highest BCUT2D eigenvalue weighted by Crippen LogP contribution is 2.61. The molecule has 278 valence electrons. The number of amides is 4. The van der Waals surface area contributed by atoms with Gasteiger partial charge in [-0.05, 0) is 73.2 Å². The summed E-state index contributed by atoms with van der Waals surface area (Å²) < 4.78 is 5.34. The summed E-state index contributed by atoms with van der Waals surface area (Å²) in [5.74, 6) is -7.73. The number of carbonyl (C=O) groups is 5. The molecule has 4 amide bonds. The first-order chi connectivity index (χ1) is 26.4. The number of carbonyl (C=O) groups excluding carboxylic acids is 4. The lowest BCUT2D eigenvalue weighted by Crippen LogP contribution is -2.54. The Morgan fingerprint density at radius 3 is 2.31 bits per heavy atom. The lowest BCUT2D eigenvalue weighted by Gasteiger charge is -2.49. The molecule has 0 unspecified atom stereocenters. The van der Waals surface area contributed by atoms with Crippen LogP contribution in [0.1, 0.15) is 39.9 Å². The zero-order chi connectivity index (χ0) is 38.8. The number of methoxy groups -OCH3 is 1. The van der Waals surface area contributed by atoms with Crippen molar-refractivity contribution in [1.82, 2.24) is 5.01 Å². The van der Waals surface area contributed by atoms with Crippen LogP contribution in [0.25, 0.3) is 6.08 Å². The molecule has 4 aromatic carbocycles. The predicted octanol–water partition coefficient (Wildman–Crippen LogP) is 5.85. The number of phenolic OH excluding ortho intramolecular Hbond substituents is 1. The summed E-state index contributed by atoms with van der Waals surface area (Å²) in [5, 5.41) is 31.3. The van der Waals surface area contributed by atoms with Crippen molar-refractivity contribution in [1.29, 1.82) is 0 Å². The number of aromatic hydroxyl groups is 2. The van der Waals surface area contributed by atoms with Crippen LogP contribution in [0, 0.1) is 36.5 Å². The van der Waals surface area contributed by atoms with Gasteiger partial charge in [0.05, 0.1) is 41.7 Å². The van der Waals surface area contributed by atoms with E-state index in [1.807, 2.05) is 61.5 Å². The Balaban J connectivity index is 1.27. The number of anilines is 2. The van der Waals surface area contributed by atoms with Gasteiger partial charge < -0.3 is 20.1 Å². The third-order valence-electron chi connectivity index (χ3n) is 11.6. The Morgan fingerprint density at radius 2 is 1.62 bits per heavy atom. The number of hydrazine groups is 1. The topological polar surface area (TPSA) is 174 Å². The van der Waals surface area contributed by atoms with Gasteiger partial charge in [-0.15, -0.1) is 0 Å². The van der Waals surface area contributed by atoms with Crippen LogP contribution >= 0.6 is 0 Å². The first-order valence-corrected chi connectivity index (χ1v) is 17.9. The minimum Gasteiger partial charge on any atom is -0.507 e. The number of nitrogens with zero attached hydrogens (tertiary/aromatic N) is 2. The van der Waals surface area contributed by atoms with E-state index in [4.69, 9.17) is 4.74 Å². The lowest BCUT2D eigenvalue weighted by atomic mass is 9.50. The molecule has 2 aliphatic heterocycles. The number of benzene rings is 4. The van der Waals surface area contributed by atoms with Gasteiger partial charge in [0.2, 0.25) is 11.8 Å². The van der Waals surface area contributed by atoms with Crippen LogP contribution in [-0.4, -0.2) is 57.0 Å². The van der Waals surface area contributed by atoms with Crippen LogP contribution in [0.3, 0.4) is 0 Å². The van der Waals surface area contributed by atoms with E-state index in [1.54, 1.807) is 30.3 Å². The molecule has 2 heterocycles. The predicted molar refractivity (Wildman–Crippen MR) is 201 cm³/mol. The van der Waals surface area contributed by atoms with Crippen LogP contribution in [0.4, 0.5) is 11.4 Å². The molecule has 12 nitrogen and oxygen atoms in total. The molecule has 55 heavy (non-hydrogen) atoms. The Hall–Kier alpha value is -6.69. The quantitative estimate of drug-likeness (QED) is 0.127. The third kappa shape index (κ3) is 5.47. The zero-order valence-corrected chi connectivity index (χ0v) is 29.9. The summed E-state index contributed by atoms with van der Waals surface area (Å²) in [4.78, 5) is 71.1. The molecule has 12 heteroatoms. The number of carboxylic acid groups (broad SMARTS) is 1. The second-order valence-corrected chi connectivity index (χ2v) is 14.4. The van der Waals surface area contributed by atoms with Crippen LogP contribution in [0.15, 0.2) is 109 Å². The Kier molecular flexibility index (Phi) is 8.55. The summed E-state index contributed by atoms with van der Waals surface area (Å²) in [7, 11) is 1.44. The van der Waals surface area contributed by atoms with Crippen LogP contribution in [0.5, 0.6) is 17.2 Å². The van der Waals surface area contributed by atoms with Crippen LogP contribution < -0.4 is 15.1 Å². The van der Waals surface area contributed by atoms with Crippen molar-refractivity contribution in [3.63, 3.8) is 0 Å². The fourth-order valence-electron chi connectivity index (χ4n) is 9.09. The van der Waals surface area contributed by atoms with Crippen LogP contribution in [0.2, 0.25) is 0 Å².